The van der Waals surface area contributed by atoms with Crippen LogP contribution in [0.5, 0.6) is 0 Å². The molecule has 4 rings (SSSR count). The van der Waals surface area contributed by atoms with Crippen molar-refractivity contribution < 1.29 is 23.1 Å². The number of halogens is 1. The van der Waals surface area contributed by atoms with Gasteiger partial charge in [0, 0.05) is 23.7 Å². The van der Waals surface area contributed by atoms with E-state index in [2.05, 4.69) is 20.1 Å². The summed E-state index contributed by atoms with van der Waals surface area (Å²) in [5.41, 5.74) is -1.14. The molecule has 1 aromatic carbocycles. The van der Waals surface area contributed by atoms with Crippen molar-refractivity contribution in [3.63, 3.8) is 0 Å². The van der Waals surface area contributed by atoms with E-state index in [-0.39, 0.29) is 19.1 Å². The molecule has 0 unspecified atom stereocenters. The van der Waals surface area contributed by atoms with Gasteiger partial charge in [-0.25, -0.2) is 13.1 Å². The molecule has 2 aliphatic heterocycles. The molecule has 33 heavy (non-hydrogen) atoms. The number of amides is 1. The van der Waals surface area contributed by atoms with Crippen LogP contribution in [0.4, 0.5) is 0 Å². The molecule has 2 fully saturated rings. The first-order valence-electron chi connectivity index (χ1n) is 10.6. The number of nitrogens with zero attached hydrogens (tertiary/aromatic N) is 5. The molecule has 2 atom stereocenters. The number of rotatable bonds is 5. The van der Waals surface area contributed by atoms with Crippen molar-refractivity contribution in [1.29, 1.82) is 0 Å². The highest BCUT2D eigenvalue weighted by Crippen LogP contribution is 2.38. The second-order valence-electron chi connectivity index (χ2n) is 9.01. The number of hydrogen-bond acceptors (Lipinski definition) is 8. The van der Waals surface area contributed by atoms with Crippen LogP contribution in [0.25, 0.3) is 11.4 Å². The fourth-order valence-electron chi connectivity index (χ4n) is 4.24. The second-order valence-corrected chi connectivity index (χ2v) is 11.2. The summed E-state index contributed by atoms with van der Waals surface area (Å²) in [4.78, 5) is 15.8. The summed E-state index contributed by atoms with van der Waals surface area (Å²) >= 11 is 5.90. The van der Waals surface area contributed by atoms with Crippen molar-refractivity contribution in [3.05, 3.63) is 29.3 Å². The van der Waals surface area contributed by atoms with Crippen molar-refractivity contribution in [2.45, 2.75) is 50.0 Å². The molecule has 1 aromatic heterocycles. The van der Waals surface area contributed by atoms with Crippen LogP contribution in [0, 0.1) is 0 Å². The quantitative estimate of drug-likeness (QED) is 0.605. The third-order valence-corrected chi connectivity index (χ3v) is 7.18. The molecule has 1 amide bonds. The van der Waals surface area contributed by atoms with E-state index in [1.165, 1.54) is 4.80 Å². The minimum absolute atomic E-state index is 0.0183. The number of carbonyl (C=O) groups is 1. The number of carbonyl (C=O) groups excluding carboxylic acids is 1. The van der Waals surface area contributed by atoms with Gasteiger partial charge in [-0.05, 0) is 55.7 Å². The number of aromatic nitrogens is 4. The second kappa shape index (κ2) is 8.91. The molecule has 0 aliphatic carbocycles. The van der Waals surface area contributed by atoms with Crippen LogP contribution in [0.15, 0.2) is 24.3 Å². The monoisotopic (exact) mass is 498 g/mol. The number of sulfonamides is 1. The zero-order valence-corrected chi connectivity index (χ0v) is 20.0. The first kappa shape index (κ1) is 24.0. The lowest BCUT2D eigenvalue weighted by atomic mass is 9.78. The Morgan fingerprint density at radius 1 is 1.30 bits per heavy atom. The van der Waals surface area contributed by atoms with E-state index in [1.54, 1.807) is 36.1 Å². The average molecular weight is 499 g/mol. The number of piperidine rings is 1. The van der Waals surface area contributed by atoms with Crippen LogP contribution >= 0.6 is 11.6 Å². The summed E-state index contributed by atoms with van der Waals surface area (Å²) in [5, 5.41) is 23.4. The molecule has 2 aromatic rings. The molecule has 13 heteroatoms. The summed E-state index contributed by atoms with van der Waals surface area (Å²) in [7, 11) is -3.49. The third-order valence-electron chi connectivity index (χ3n) is 6.21. The molecule has 3 heterocycles. The van der Waals surface area contributed by atoms with E-state index in [0.29, 0.717) is 43.2 Å². The molecule has 2 saturated heterocycles. The van der Waals surface area contributed by atoms with Gasteiger partial charge in [0.15, 0.2) is 0 Å². The van der Waals surface area contributed by atoms with E-state index >= 15 is 0 Å². The number of benzene rings is 1. The predicted octanol–water partition coefficient (Wildman–Crippen LogP) is 0.444. The smallest absolute Gasteiger partial charge is 0.246 e. The first-order chi connectivity index (χ1) is 15.4. The van der Waals surface area contributed by atoms with Gasteiger partial charge in [-0.1, -0.05) is 11.6 Å². The van der Waals surface area contributed by atoms with Gasteiger partial charge < -0.3 is 14.7 Å². The summed E-state index contributed by atoms with van der Waals surface area (Å²) < 4.78 is 32.0. The minimum Gasteiger partial charge on any atom is -0.386 e. The topological polar surface area (TPSA) is 140 Å². The van der Waals surface area contributed by atoms with Crippen molar-refractivity contribution in [1.82, 2.24) is 29.8 Å². The van der Waals surface area contributed by atoms with Crippen LogP contribution in [-0.4, -0.2) is 87.7 Å². The average Bonchev–Trinajstić information content (AvgIpc) is 3.20. The SMILES string of the molecule is C[C@]1(O)COC2(CCN(C(=O)Cn3nnc(-c4ccc(Cl)cc4)n3)CC2)C[C@@H]1NS(C)(=O)=O. The van der Waals surface area contributed by atoms with Crippen LogP contribution in [0.3, 0.4) is 0 Å². The van der Waals surface area contributed by atoms with E-state index in [4.69, 9.17) is 16.3 Å². The Morgan fingerprint density at radius 2 is 1.97 bits per heavy atom. The summed E-state index contributed by atoms with van der Waals surface area (Å²) in [6, 6.07) is 6.37. The highest BCUT2D eigenvalue weighted by Gasteiger charge is 2.49. The largest absolute Gasteiger partial charge is 0.386 e. The van der Waals surface area contributed by atoms with Gasteiger partial charge in [-0.15, -0.1) is 10.2 Å². The van der Waals surface area contributed by atoms with E-state index in [1.807, 2.05) is 0 Å². The molecule has 2 N–H and O–H groups in total. The van der Waals surface area contributed by atoms with Crippen LogP contribution in [0.2, 0.25) is 5.02 Å². The van der Waals surface area contributed by atoms with Crippen LogP contribution < -0.4 is 4.72 Å². The van der Waals surface area contributed by atoms with Crippen molar-refractivity contribution in [3.8, 4) is 11.4 Å². The lowest BCUT2D eigenvalue weighted by Gasteiger charge is -2.50. The molecule has 1 spiro atoms. The van der Waals surface area contributed by atoms with Gasteiger partial charge in [0.1, 0.15) is 12.1 Å². The Labute approximate surface area is 197 Å². The summed E-state index contributed by atoms with van der Waals surface area (Å²) in [6.45, 7) is 2.44. The molecule has 0 radical (unpaired) electrons. The normalized spacial score (nSPS) is 25.3. The molecule has 0 bridgehead atoms. The predicted molar refractivity (Wildman–Crippen MR) is 120 cm³/mol. The maximum absolute atomic E-state index is 12.8. The number of aliphatic hydroxyl groups is 1. The maximum atomic E-state index is 12.8. The Kier molecular flexibility index (Phi) is 6.49. The summed E-state index contributed by atoms with van der Waals surface area (Å²) in [5.74, 6) is 0.266. The molecular formula is C20H27ClN6O5S. The lowest BCUT2D eigenvalue weighted by Crippen LogP contribution is -2.64. The third kappa shape index (κ3) is 5.69. The Morgan fingerprint density at radius 3 is 2.61 bits per heavy atom. The molecular weight excluding hydrogens is 472 g/mol. The minimum atomic E-state index is -3.49. The van der Waals surface area contributed by atoms with Gasteiger partial charge in [-0.2, -0.15) is 4.80 Å². The van der Waals surface area contributed by atoms with Gasteiger partial charge in [-0.3, -0.25) is 4.79 Å². The number of tetrazole rings is 1. The number of hydrogen-bond donors (Lipinski definition) is 2. The Bertz CT molecular complexity index is 1110. The first-order valence-corrected chi connectivity index (χ1v) is 12.9. The highest BCUT2D eigenvalue weighted by atomic mass is 35.5. The van der Waals surface area contributed by atoms with Crippen LogP contribution in [0.1, 0.15) is 26.2 Å². The highest BCUT2D eigenvalue weighted by molar-refractivity contribution is 7.88. The standard InChI is InChI=1S/C20H27ClN6O5S/c1-19(29)13-32-20(11-16(19)24-33(2,30)31)7-9-26(10-8-20)17(28)12-27-23-18(22-25-27)14-3-5-15(21)6-4-14/h3-6,16,24,29H,7-13H2,1-2H3/t16-,19-/m0/s1. The van der Waals surface area contributed by atoms with E-state index in [9.17, 15) is 18.3 Å². The van der Waals surface area contributed by atoms with Crippen molar-refractivity contribution >= 4 is 27.5 Å². The lowest BCUT2D eigenvalue weighted by molar-refractivity contribution is -0.191. The van der Waals surface area contributed by atoms with Crippen molar-refractivity contribution in [2.24, 2.45) is 0 Å². The molecule has 0 saturated carbocycles. The van der Waals surface area contributed by atoms with E-state index in [0.717, 1.165) is 11.8 Å². The molecule has 180 valence electrons. The van der Waals surface area contributed by atoms with E-state index < -0.39 is 27.3 Å². The fraction of sp³-hybridized carbons (Fsp3) is 0.600. The van der Waals surface area contributed by atoms with Gasteiger partial charge in [0.05, 0.1) is 24.5 Å². The van der Waals surface area contributed by atoms with Gasteiger partial charge in [0.25, 0.3) is 0 Å². The summed E-state index contributed by atoms with van der Waals surface area (Å²) in [6.07, 6.45) is 2.49. The van der Waals surface area contributed by atoms with Crippen molar-refractivity contribution in [2.75, 3.05) is 26.0 Å². The number of ether oxygens (including phenoxy) is 1. The Balaban J connectivity index is 1.35. The number of nitrogens with one attached hydrogen (secondary N) is 1. The zero-order valence-electron chi connectivity index (χ0n) is 18.4. The van der Waals surface area contributed by atoms with Gasteiger partial charge in [0.2, 0.25) is 21.8 Å². The molecule has 11 nitrogen and oxygen atoms in total. The molecule has 2 aliphatic rings. The number of likely N-dealkylation sites (tertiary alicyclic amines) is 1. The van der Waals surface area contributed by atoms with Gasteiger partial charge >= 0.3 is 0 Å². The maximum Gasteiger partial charge on any atom is 0.246 e. The Hall–Kier alpha value is -2.12. The fourth-order valence-corrected chi connectivity index (χ4v) is 5.22. The van der Waals surface area contributed by atoms with Crippen LogP contribution in [-0.2, 0) is 26.1 Å². The zero-order chi connectivity index (χ0) is 23.9.